The van der Waals surface area contributed by atoms with E-state index in [0.29, 0.717) is 71.1 Å². The second kappa shape index (κ2) is 15.1. The highest BCUT2D eigenvalue weighted by Gasteiger charge is 2.21. The summed E-state index contributed by atoms with van der Waals surface area (Å²) in [6.07, 6.45) is 2.45. The van der Waals surface area contributed by atoms with Crippen molar-refractivity contribution in [2.45, 2.75) is 51.9 Å². The van der Waals surface area contributed by atoms with E-state index in [1.807, 2.05) is 67.6 Å². The summed E-state index contributed by atoms with van der Waals surface area (Å²) < 4.78 is 7.22. The van der Waals surface area contributed by atoms with Crippen molar-refractivity contribution in [1.29, 1.82) is 0 Å². The number of carbonyl (C=O) groups is 1. The summed E-state index contributed by atoms with van der Waals surface area (Å²) in [6, 6.07) is 19.3. The average molecular weight is 702 g/mol. The van der Waals surface area contributed by atoms with Gasteiger partial charge < -0.3 is 25.8 Å². The summed E-state index contributed by atoms with van der Waals surface area (Å²) in [4.78, 5) is 34.1. The van der Waals surface area contributed by atoms with Crippen molar-refractivity contribution in [2.75, 3.05) is 20.2 Å². The van der Waals surface area contributed by atoms with Crippen LogP contribution in [0, 0.1) is 6.92 Å². The number of aliphatic hydroxyl groups is 1. The minimum Gasteiger partial charge on any atom is -0.481 e. The summed E-state index contributed by atoms with van der Waals surface area (Å²) >= 11 is 14.2. The summed E-state index contributed by atoms with van der Waals surface area (Å²) in [5.41, 5.74) is 6.94. The molecule has 3 aromatic heterocycles. The summed E-state index contributed by atoms with van der Waals surface area (Å²) in [5, 5.41) is 20.0. The van der Waals surface area contributed by atoms with Crippen LogP contribution in [0.15, 0.2) is 71.7 Å². The molecule has 1 aliphatic heterocycles. The van der Waals surface area contributed by atoms with E-state index in [4.69, 9.17) is 32.9 Å². The molecule has 0 aliphatic carbocycles. The number of methoxy groups -OCH3 is 1. The standard InChI is InChI=1S/C37H38Cl2N6O4/c1-21-14-24(15-32-42-19-25(37(48)45(21)32)18-40-16-22(2)46)27-6-4-7-28(34(27)38)29-8-5-9-30(35(29)39)31-12-10-23(36(44-31)49-3)17-41-20-26-11-13-33(47)43-26/h4-10,12,14-15,19,22,26,40-41,46H,11,13,16-18,20H2,1-3H3,(H,43,47)/t22-,26+/m1/s1. The minimum absolute atomic E-state index is 0.0926. The Hall–Kier alpha value is -4.32. The zero-order valence-electron chi connectivity index (χ0n) is 27.5. The lowest BCUT2D eigenvalue weighted by Gasteiger charge is -2.16. The Labute approximate surface area is 294 Å². The predicted octanol–water partition coefficient (Wildman–Crippen LogP) is 5.55. The molecular weight excluding hydrogens is 663 g/mol. The van der Waals surface area contributed by atoms with E-state index in [1.165, 1.54) is 0 Å². The molecule has 1 fully saturated rings. The van der Waals surface area contributed by atoms with E-state index in [2.05, 4.69) is 20.9 Å². The van der Waals surface area contributed by atoms with Crippen LogP contribution < -0.4 is 26.2 Å². The number of pyridine rings is 2. The lowest BCUT2D eigenvalue weighted by atomic mass is 9.96. The van der Waals surface area contributed by atoms with Gasteiger partial charge in [0.05, 0.1) is 34.5 Å². The van der Waals surface area contributed by atoms with Crippen molar-refractivity contribution < 1.29 is 14.6 Å². The number of nitrogens with one attached hydrogen (secondary N) is 3. The molecular formula is C37H38Cl2N6O4. The molecule has 0 radical (unpaired) electrons. The number of hydrogen-bond acceptors (Lipinski definition) is 8. The number of fused-ring (bicyclic) bond motifs is 1. The van der Waals surface area contributed by atoms with Gasteiger partial charge in [0.15, 0.2) is 0 Å². The number of benzene rings is 2. The first-order valence-electron chi connectivity index (χ1n) is 16.2. The van der Waals surface area contributed by atoms with Crippen LogP contribution >= 0.6 is 23.2 Å². The molecule has 1 aliphatic rings. The highest BCUT2D eigenvalue weighted by Crippen LogP contribution is 2.42. The first-order valence-corrected chi connectivity index (χ1v) is 16.9. The quantitative estimate of drug-likeness (QED) is 0.133. The molecule has 0 unspecified atom stereocenters. The number of rotatable bonds is 12. The number of hydrogen-bond donors (Lipinski definition) is 4. The monoisotopic (exact) mass is 700 g/mol. The van der Waals surface area contributed by atoms with Crippen LogP contribution in [0.5, 0.6) is 5.88 Å². The normalized spacial score (nSPS) is 15.1. The van der Waals surface area contributed by atoms with E-state index in [-0.39, 0.29) is 17.5 Å². The van der Waals surface area contributed by atoms with E-state index < -0.39 is 6.10 Å². The van der Waals surface area contributed by atoms with Crippen LogP contribution in [-0.4, -0.2) is 57.7 Å². The van der Waals surface area contributed by atoms with Gasteiger partial charge in [0.2, 0.25) is 11.8 Å². The minimum atomic E-state index is -0.516. The Morgan fingerprint density at radius 2 is 1.67 bits per heavy atom. The smallest absolute Gasteiger partial charge is 0.262 e. The Kier molecular flexibility index (Phi) is 10.6. The molecule has 4 heterocycles. The fourth-order valence-electron chi connectivity index (χ4n) is 6.15. The molecule has 6 rings (SSSR count). The third kappa shape index (κ3) is 7.49. The van der Waals surface area contributed by atoms with Crippen molar-refractivity contribution in [1.82, 2.24) is 30.3 Å². The molecule has 254 valence electrons. The van der Waals surface area contributed by atoms with Crippen molar-refractivity contribution in [2.24, 2.45) is 0 Å². The van der Waals surface area contributed by atoms with E-state index >= 15 is 0 Å². The Balaban J connectivity index is 1.28. The van der Waals surface area contributed by atoms with Gasteiger partial charge in [-0.1, -0.05) is 65.7 Å². The lowest BCUT2D eigenvalue weighted by Crippen LogP contribution is -2.35. The second-order valence-corrected chi connectivity index (χ2v) is 13.0. The van der Waals surface area contributed by atoms with Gasteiger partial charge in [-0.15, -0.1) is 0 Å². The highest BCUT2D eigenvalue weighted by molar-refractivity contribution is 6.39. The molecule has 0 bridgehead atoms. The Morgan fingerprint density at radius 1 is 0.980 bits per heavy atom. The van der Waals surface area contributed by atoms with Crippen molar-refractivity contribution in [3.05, 3.63) is 104 Å². The Morgan fingerprint density at radius 3 is 2.37 bits per heavy atom. The zero-order valence-corrected chi connectivity index (χ0v) is 29.0. The molecule has 2 aromatic carbocycles. The number of amides is 1. The van der Waals surface area contributed by atoms with Crippen LogP contribution in [-0.2, 0) is 17.9 Å². The number of aryl methyl sites for hydroxylation is 1. The van der Waals surface area contributed by atoms with E-state index in [1.54, 1.807) is 24.6 Å². The molecule has 4 N–H and O–H groups in total. The molecule has 1 saturated heterocycles. The second-order valence-electron chi connectivity index (χ2n) is 12.3. The number of halogens is 2. The fourth-order valence-corrected chi connectivity index (χ4v) is 6.81. The molecule has 1 amide bonds. The van der Waals surface area contributed by atoms with Crippen molar-refractivity contribution in [3.63, 3.8) is 0 Å². The number of nitrogens with zero attached hydrogens (tertiary/aromatic N) is 3. The van der Waals surface area contributed by atoms with Gasteiger partial charge in [-0.2, -0.15) is 0 Å². The number of ether oxygens (including phenoxy) is 1. The van der Waals surface area contributed by atoms with Crippen molar-refractivity contribution >= 4 is 34.8 Å². The van der Waals surface area contributed by atoms with Crippen LogP contribution in [0.1, 0.15) is 36.6 Å². The van der Waals surface area contributed by atoms with E-state index in [9.17, 15) is 14.7 Å². The predicted molar refractivity (Wildman–Crippen MR) is 193 cm³/mol. The average Bonchev–Trinajstić information content (AvgIpc) is 3.50. The van der Waals surface area contributed by atoms with Gasteiger partial charge in [-0.25, -0.2) is 9.97 Å². The maximum Gasteiger partial charge on any atom is 0.262 e. The zero-order chi connectivity index (χ0) is 34.7. The van der Waals surface area contributed by atoms with Gasteiger partial charge in [0.1, 0.15) is 5.65 Å². The number of carbonyl (C=O) groups excluding carboxylic acids is 1. The third-order valence-electron chi connectivity index (χ3n) is 8.61. The maximum atomic E-state index is 13.3. The molecule has 0 spiro atoms. The molecule has 5 aromatic rings. The van der Waals surface area contributed by atoms with Gasteiger partial charge in [-0.3, -0.25) is 14.0 Å². The fraction of sp³-hybridized carbons (Fsp3) is 0.297. The van der Waals surface area contributed by atoms with Gasteiger partial charge in [0.25, 0.3) is 5.56 Å². The SMILES string of the molecule is COc1nc(-c2cccc(-c3cccc(-c4cc(C)n5c(=O)c(CNC[C@@H](C)O)cnc5c4)c3Cl)c2Cl)ccc1CNC[C@@H]1CCC(=O)N1. The first-order chi connectivity index (χ1) is 23.6. The summed E-state index contributed by atoms with van der Waals surface area (Å²) in [6.45, 7) is 5.44. The van der Waals surface area contributed by atoms with Crippen LogP contribution in [0.4, 0.5) is 0 Å². The molecule has 10 nitrogen and oxygen atoms in total. The van der Waals surface area contributed by atoms with Crippen molar-refractivity contribution in [3.8, 4) is 39.4 Å². The Bertz CT molecular complexity index is 2080. The summed E-state index contributed by atoms with van der Waals surface area (Å²) in [5.74, 6) is 0.583. The van der Waals surface area contributed by atoms with Gasteiger partial charge in [0, 0.05) is 78.3 Å². The largest absolute Gasteiger partial charge is 0.481 e. The van der Waals surface area contributed by atoms with E-state index in [0.717, 1.165) is 39.8 Å². The van der Waals surface area contributed by atoms with Crippen LogP contribution in [0.2, 0.25) is 10.0 Å². The lowest BCUT2D eigenvalue weighted by molar-refractivity contribution is -0.119. The van der Waals surface area contributed by atoms with Crippen LogP contribution in [0.25, 0.3) is 39.2 Å². The maximum absolute atomic E-state index is 13.3. The first kappa shape index (κ1) is 34.5. The molecule has 12 heteroatoms. The highest BCUT2D eigenvalue weighted by atomic mass is 35.5. The van der Waals surface area contributed by atoms with Gasteiger partial charge in [-0.05, 0) is 44.0 Å². The number of aliphatic hydroxyl groups excluding tert-OH is 1. The number of aromatic nitrogens is 3. The summed E-state index contributed by atoms with van der Waals surface area (Å²) in [7, 11) is 1.59. The third-order valence-corrected chi connectivity index (χ3v) is 9.43. The topological polar surface area (TPSA) is 130 Å². The molecule has 49 heavy (non-hydrogen) atoms. The molecule has 2 atom stereocenters. The van der Waals surface area contributed by atoms with Gasteiger partial charge >= 0.3 is 0 Å². The van der Waals surface area contributed by atoms with Crippen LogP contribution in [0.3, 0.4) is 0 Å². The molecule has 0 saturated carbocycles.